The lowest BCUT2D eigenvalue weighted by Gasteiger charge is -2.12. The van der Waals surface area contributed by atoms with Crippen LogP contribution in [0.4, 0.5) is 5.69 Å². The van der Waals surface area contributed by atoms with Crippen LogP contribution in [0, 0.1) is 0 Å². The van der Waals surface area contributed by atoms with E-state index >= 15 is 0 Å². The van der Waals surface area contributed by atoms with Crippen molar-refractivity contribution in [3.63, 3.8) is 0 Å². The minimum atomic E-state index is -0.179. The minimum Gasteiger partial charge on any atom is -0.326 e. The van der Waals surface area contributed by atoms with E-state index in [0.717, 1.165) is 28.8 Å². The molecule has 2 nitrogen and oxygen atoms in total. The predicted molar refractivity (Wildman–Crippen MR) is 82.3 cm³/mol. The number of nitrogens with one attached hydrogen (secondary N) is 1. The van der Waals surface area contributed by atoms with Crippen molar-refractivity contribution >= 4 is 23.2 Å². The number of fused-ring (bicyclic) bond motifs is 1. The summed E-state index contributed by atoms with van der Waals surface area (Å²) in [4.78, 5) is 11.4. The maximum atomic E-state index is 11.4. The van der Waals surface area contributed by atoms with Gasteiger partial charge in [-0.25, -0.2) is 0 Å². The first-order valence-electron chi connectivity index (χ1n) is 6.83. The molecule has 0 saturated heterocycles. The van der Waals surface area contributed by atoms with E-state index in [-0.39, 0.29) is 11.3 Å². The Hall–Kier alpha value is -1.80. The predicted octanol–water partition coefficient (Wildman–Crippen LogP) is 4.07. The van der Waals surface area contributed by atoms with Gasteiger partial charge in [0.05, 0.1) is 11.8 Å². The molecule has 3 heteroatoms. The average Bonchev–Trinajstić information content (AvgIpc) is 2.85. The first kappa shape index (κ1) is 13.2. The number of anilines is 1. The first-order chi connectivity index (χ1) is 9.67. The third-order valence-electron chi connectivity index (χ3n) is 3.73. The van der Waals surface area contributed by atoms with Crippen molar-refractivity contribution in [2.45, 2.75) is 25.1 Å². The third kappa shape index (κ3) is 2.44. The lowest BCUT2D eigenvalue weighted by Crippen LogP contribution is -2.03. The molecule has 0 fully saturated rings. The van der Waals surface area contributed by atoms with Gasteiger partial charge in [0.1, 0.15) is 0 Å². The van der Waals surface area contributed by atoms with Gasteiger partial charge in [0, 0.05) is 5.69 Å². The van der Waals surface area contributed by atoms with Crippen molar-refractivity contribution in [1.29, 1.82) is 0 Å². The summed E-state index contributed by atoms with van der Waals surface area (Å²) in [5.74, 6) is 0.0515. The molecule has 2 aromatic carbocycles. The average molecular weight is 286 g/mol. The quantitative estimate of drug-likeness (QED) is 0.846. The fourth-order valence-corrected chi connectivity index (χ4v) is 2.80. The Bertz CT molecular complexity index is 649. The van der Waals surface area contributed by atoms with Crippen LogP contribution in [0.3, 0.4) is 0 Å². The number of alkyl halides is 1. The largest absolute Gasteiger partial charge is 0.326 e. The first-order valence-corrected chi connectivity index (χ1v) is 7.26. The molecule has 20 heavy (non-hydrogen) atoms. The molecule has 1 aliphatic rings. The van der Waals surface area contributed by atoms with E-state index in [2.05, 4.69) is 36.5 Å². The van der Waals surface area contributed by atoms with Gasteiger partial charge in [0.25, 0.3) is 0 Å². The molecular weight excluding hydrogens is 270 g/mol. The number of hydrogen-bond donors (Lipinski definition) is 1. The number of aryl methyl sites for hydroxylation is 1. The Kier molecular flexibility index (Phi) is 3.49. The van der Waals surface area contributed by atoms with Crippen molar-refractivity contribution in [3.8, 4) is 0 Å². The summed E-state index contributed by atoms with van der Waals surface area (Å²) >= 11 is 6.56. The van der Waals surface area contributed by atoms with Crippen LogP contribution in [-0.2, 0) is 17.6 Å². The van der Waals surface area contributed by atoms with Gasteiger partial charge in [-0.05, 0) is 34.7 Å². The number of halogens is 1. The SMILES string of the molecule is CCc1ccc(C(Cl)c2ccc3c(c2)CC(=O)N3)cc1. The van der Waals surface area contributed by atoms with Crippen LogP contribution in [0.1, 0.15) is 34.6 Å². The zero-order chi connectivity index (χ0) is 14.1. The fourth-order valence-electron chi connectivity index (χ4n) is 2.52. The van der Waals surface area contributed by atoms with Crippen molar-refractivity contribution < 1.29 is 4.79 Å². The highest BCUT2D eigenvalue weighted by Gasteiger charge is 2.19. The van der Waals surface area contributed by atoms with E-state index in [1.54, 1.807) is 0 Å². The summed E-state index contributed by atoms with van der Waals surface area (Å²) in [6.07, 6.45) is 1.47. The van der Waals surface area contributed by atoms with Crippen LogP contribution in [-0.4, -0.2) is 5.91 Å². The van der Waals surface area contributed by atoms with Crippen molar-refractivity contribution in [2.75, 3.05) is 5.32 Å². The van der Waals surface area contributed by atoms with Gasteiger partial charge in [-0.2, -0.15) is 0 Å². The molecule has 1 atom stereocenters. The second-order valence-corrected chi connectivity index (χ2v) is 5.54. The summed E-state index contributed by atoms with van der Waals surface area (Å²) in [7, 11) is 0. The highest BCUT2D eigenvalue weighted by atomic mass is 35.5. The zero-order valence-electron chi connectivity index (χ0n) is 11.3. The van der Waals surface area contributed by atoms with Crippen LogP contribution in [0.15, 0.2) is 42.5 Å². The second kappa shape index (κ2) is 5.29. The van der Waals surface area contributed by atoms with Crippen molar-refractivity contribution in [3.05, 3.63) is 64.7 Å². The van der Waals surface area contributed by atoms with Crippen LogP contribution in [0.2, 0.25) is 0 Å². The Labute approximate surface area is 123 Å². The number of amides is 1. The van der Waals surface area contributed by atoms with Crippen LogP contribution >= 0.6 is 11.6 Å². The maximum Gasteiger partial charge on any atom is 0.228 e. The number of carbonyl (C=O) groups is 1. The Balaban J connectivity index is 1.88. The summed E-state index contributed by atoms with van der Waals surface area (Å²) in [6, 6.07) is 14.3. The molecule has 0 saturated carbocycles. The Morgan fingerprint density at radius 3 is 2.55 bits per heavy atom. The molecular formula is C17H16ClNO. The van der Waals surface area contributed by atoms with Gasteiger partial charge in [-0.3, -0.25) is 4.79 Å². The van der Waals surface area contributed by atoms with Crippen molar-refractivity contribution in [2.24, 2.45) is 0 Å². The molecule has 102 valence electrons. The third-order valence-corrected chi connectivity index (χ3v) is 4.23. The molecule has 0 aliphatic carbocycles. The lowest BCUT2D eigenvalue weighted by atomic mass is 10.00. The molecule has 1 heterocycles. The topological polar surface area (TPSA) is 29.1 Å². The summed E-state index contributed by atoms with van der Waals surface area (Å²) in [5, 5.41) is 2.66. The molecule has 0 spiro atoms. The number of hydrogen-bond acceptors (Lipinski definition) is 1. The highest BCUT2D eigenvalue weighted by molar-refractivity contribution is 6.22. The van der Waals surface area contributed by atoms with Gasteiger partial charge in [-0.15, -0.1) is 11.6 Å². The fraction of sp³-hybridized carbons (Fsp3) is 0.235. The van der Waals surface area contributed by atoms with E-state index < -0.39 is 0 Å². The lowest BCUT2D eigenvalue weighted by molar-refractivity contribution is -0.115. The van der Waals surface area contributed by atoms with Crippen LogP contribution in [0.25, 0.3) is 0 Å². The molecule has 1 amide bonds. The summed E-state index contributed by atoms with van der Waals surface area (Å²) < 4.78 is 0. The Morgan fingerprint density at radius 1 is 1.15 bits per heavy atom. The number of benzene rings is 2. The maximum absolute atomic E-state index is 11.4. The molecule has 1 N–H and O–H groups in total. The molecule has 1 unspecified atom stereocenters. The molecule has 0 aromatic heterocycles. The van der Waals surface area contributed by atoms with E-state index in [1.165, 1.54) is 5.56 Å². The molecule has 3 rings (SSSR count). The van der Waals surface area contributed by atoms with E-state index in [9.17, 15) is 4.79 Å². The van der Waals surface area contributed by atoms with E-state index in [4.69, 9.17) is 11.6 Å². The van der Waals surface area contributed by atoms with Gasteiger partial charge in [0.15, 0.2) is 0 Å². The summed E-state index contributed by atoms with van der Waals surface area (Å²) in [5.41, 5.74) is 5.36. The van der Waals surface area contributed by atoms with Crippen molar-refractivity contribution in [1.82, 2.24) is 0 Å². The molecule has 0 bridgehead atoms. The highest BCUT2D eigenvalue weighted by Crippen LogP contribution is 2.33. The molecule has 2 aromatic rings. The summed E-state index contributed by atoms with van der Waals surface area (Å²) in [6.45, 7) is 2.14. The zero-order valence-corrected chi connectivity index (χ0v) is 12.1. The van der Waals surface area contributed by atoms with Gasteiger partial charge >= 0.3 is 0 Å². The standard InChI is InChI=1S/C17H16ClNO/c1-2-11-3-5-12(6-4-11)17(18)13-7-8-15-14(9-13)10-16(20)19-15/h3-9,17H,2,10H2,1H3,(H,19,20). The number of rotatable bonds is 3. The monoisotopic (exact) mass is 285 g/mol. The van der Waals surface area contributed by atoms with Gasteiger partial charge < -0.3 is 5.32 Å². The normalized spacial score (nSPS) is 14.8. The number of carbonyl (C=O) groups excluding carboxylic acids is 1. The van der Waals surface area contributed by atoms with E-state index in [1.807, 2.05) is 18.2 Å². The van der Waals surface area contributed by atoms with Crippen LogP contribution in [0.5, 0.6) is 0 Å². The molecule has 0 radical (unpaired) electrons. The van der Waals surface area contributed by atoms with Gasteiger partial charge in [-0.1, -0.05) is 43.3 Å². The van der Waals surface area contributed by atoms with Gasteiger partial charge in [0.2, 0.25) is 5.91 Å². The minimum absolute atomic E-state index is 0.0515. The molecule has 1 aliphatic heterocycles. The Morgan fingerprint density at radius 2 is 1.85 bits per heavy atom. The smallest absolute Gasteiger partial charge is 0.228 e. The van der Waals surface area contributed by atoms with E-state index in [0.29, 0.717) is 6.42 Å². The second-order valence-electron chi connectivity index (χ2n) is 5.10. The van der Waals surface area contributed by atoms with Crippen LogP contribution < -0.4 is 5.32 Å².